The van der Waals surface area contributed by atoms with Gasteiger partial charge in [-0.15, -0.1) is 21.9 Å². The van der Waals surface area contributed by atoms with Gasteiger partial charge >= 0.3 is 0 Å². The topological polar surface area (TPSA) is 4.44 Å². The average molecular weight is 815 g/mol. The number of hydrogen-bond acceptors (Lipinski definition) is 0. The highest BCUT2D eigenvalue weighted by molar-refractivity contribution is 7.20. The minimum Gasteiger partial charge on any atom is -0.307 e. The van der Waals surface area contributed by atoms with E-state index in [-0.39, 0.29) is 0 Å². The molecule has 0 aliphatic heterocycles. The Morgan fingerprint density at radius 1 is 0.291 bits per heavy atom. The molecule has 0 aromatic heterocycles. The van der Waals surface area contributed by atoms with Crippen LogP contribution in [0, 0.1) is 123 Å². The molecule has 294 valence electrons. The van der Waals surface area contributed by atoms with E-state index in [9.17, 15) is 52.7 Å². The number of benzene rings is 5. The Labute approximate surface area is 293 Å². The number of halogens is 20. The van der Waals surface area contributed by atoms with Gasteiger partial charge < -0.3 is 4.90 Å². The van der Waals surface area contributed by atoms with Crippen molar-refractivity contribution in [3.63, 3.8) is 0 Å². The summed E-state index contributed by atoms with van der Waals surface area (Å²) in [6, 6.07) is 8.60. The molecule has 5 rings (SSSR count). The molecule has 0 aliphatic rings. The van der Waals surface area contributed by atoms with Crippen molar-refractivity contribution < 1.29 is 92.7 Å². The summed E-state index contributed by atoms with van der Waals surface area (Å²) >= 11 is 0. The maximum atomic E-state index is 15.4. The maximum absolute atomic E-state index is 15.4. The summed E-state index contributed by atoms with van der Waals surface area (Å²) in [7, 11) is 4.26. The minimum atomic E-state index is -7.22. The zero-order valence-electron chi connectivity index (χ0n) is 26.9. The number of hydrogen-bond donors (Lipinski definition) is 1. The first-order chi connectivity index (χ1) is 25.4. The van der Waals surface area contributed by atoms with Crippen LogP contribution >= 0.6 is 0 Å². The fourth-order valence-electron chi connectivity index (χ4n) is 5.76. The fourth-order valence-corrected chi connectivity index (χ4v) is 5.76. The average Bonchev–Trinajstić information content (AvgIpc) is 3.15. The maximum Gasteiger partial charge on any atom is 0.200 e. The Morgan fingerprint density at radius 3 is 0.618 bits per heavy atom. The van der Waals surface area contributed by atoms with E-state index >= 15 is 35.1 Å². The second kappa shape index (κ2) is 15.1. The zero-order valence-corrected chi connectivity index (χ0v) is 26.9. The third-order valence-corrected chi connectivity index (χ3v) is 8.34. The molecule has 1 nitrogen and oxygen atoms in total. The fraction of sp³-hybridized carbons (Fsp3) is 0.0909. The first-order valence-electron chi connectivity index (χ1n) is 14.5. The molecule has 0 saturated carbocycles. The van der Waals surface area contributed by atoms with Crippen molar-refractivity contribution in [3.05, 3.63) is 146 Å². The molecule has 0 aliphatic carbocycles. The van der Waals surface area contributed by atoms with Crippen LogP contribution in [0.15, 0.2) is 24.3 Å². The molecule has 0 amide bonds. The number of nitrogens with one attached hydrogen (secondary N) is 1. The van der Waals surface area contributed by atoms with Crippen molar-refractivity contribution in [2.45, 2.75) is 6.92 Å². The summed E-state index contributed by atoms with van der Waals surface area (Å²) in [5, 5.41) is 0. The van der Waals surface area contributed by atoms with Crippen LogP contribution in [0.5, 0.6) is 0 Å². The van der Waals surface area contributed by atoms with Crippen LogP contribution in [0.1, 0.15) is 5.56 Å². The van der Waals surface area contributed by atoms with Crippen molar-refractivity contribution in [2.75, 3.05) is 14.1 Å². The van der Waals surface area contributed by atoms with Crippen molar-refractivity contribution in [3.8, 4) is 0 Å². The van der Waals surface area contributed by atoms with Crippen LogP contribution in [-0.4, -0.2) is 20.2 Å². The van der Waals surface area contributed by atoms with Crippen molar-refractivity contribution in [1.82, 2.24) is 0 Å². The first kappa shape index (κ1) is 42.5. The van der Waals surface area contributed by atoms with E-state index in [1.165, 1.54) is 16.2 Å². The van der Waals surface area contributed by atoms with E-state index in [2.05, 4.69) is 45.3 Å². The molecule has 55 heavy (non-hydrogen) atoms. The van der Waals surface area contributed by atoms with E-state index in [0.717, 1.165) is 0 Å². The summed E-state index contributed by atoms with van der Waals surface area (Å²) in [5.41, 5.74) is -11.7. The number of rotatable bonds is 5. The Hall–Kier alpha value is -5.28. The number of quaternary nitrogens is 1. The summed E-state index contributed by atoms with van der Waals surface area (Å²) in [6.07, 6.45) is -7.22. The second-order valence-electron chi connectivity index (χ2n) is 11.7. The van der Waals surface area contributed by atoms with Crippen LogP contribution in [0.2, 0.25) is 0 Å². The van der Waals surface area contributed by atoms with Gasteiger partial charge in [0.25, 0.3) is 0 Å². The molecular weight excluding hydrogens is 801 g/mol. The van der Waals surface area contributed by atoms with Gasteiger partial charge in [0.15, 0.2) is 69.8 Å². The third-order valence-electron chi connectivity index (χ3n) is 8.34. The number of aryl methyl sites for hydroxylation is 1. The monoisotopic (exact) mass is 815 g/mol. The SMILES string of the molecule is Cc1ccc([NH+](C)C)cc1.Fc1c(F)c(F)c([B-](c2c(F)c(F)c(F)c(F)c2F)(c2c(F)c(F)c(F)c(F)c2F)c2c(F)c(F)c(F)c(F)c2F)c(F)c1F. The van der Waals surface area contributed by atoms with Gasteiger partial charge in [0.1, 0.15) is 58.4 Å². The van der Waals surface area contributed by atoms with Gasteiger partial charge in [-0.3, -0.25) is 0 Å². The predicted octanol–water partition coefficient (Wildman–Crippen LogP) is 6.62. The van der Waals surface area contributed by atoms with Crippen LogP contribution in [0.4, 0.5) is 93.5 Å². The Kier molecular flexibility index (Phi) is 11.7. The summed E-state index contributed by atoms with van der Waals surface area (Å²) < 4.78 is 294. The van der Waals surface area contributed by atoms with E-state index in [4.69, 9.17) is 0 Å². The highest BCUT2D eigenvalue weighted by Gasteiger charge is 2.52. The Balaban J connectivity index is 0.000000583. The lowest BCUT2D eigenvalue weighted by Crippen LogP contribution is -3.00. The molecular formula is C33H14BF20N. The smallest absolute Gasteiger partial charge is 0.200 e. The highest BCUT2D eigenvalue weighted by Crippen LogP contribution is 2.30. The predicted molar refractivity (Wildman–Crippen MR) is 153 cm³/mol. The van der Waals surface area contributed by atoms with Crippen LogP contribution in [0.25, 0.3) is 0 Å². The molecule has 5 aromatic carbocycles. The van der Waals surface area contributed by atoms with Crippen LogP contribution < -0.4 is 26.8 Å². The van der Waals surface area contributed by atoms with E-state index in [1.54, 1.807) is 0 Å². The van der Waals surface area contributed by atoms with Crippen molar-refractivity contribution in [2.24, 2.45) is 0 Å². The van der Waals surface area contributed by atoms with Gasteiger partial charge in [-0.25, -0.2) is 87.8 Å². The van der Waals surface area contributed by atoms with Gasteiger partial charge in [-0.1, -0.05) is 17.7 Å². The summed E-state index contributed by atoms with van der Waals surface area (Å²) in [4.78, 5) is 1.38. The Morgan fingerprint density at radius 2 is 0.455 bits per heavy atom. The normalized spacial score (nSPS) is 11.7. The lowest BCUT2D eigenvalue weighted by atomic mass is 9.12. The van der Waals surface area contributed by atoms with Gasteiger partial charge in [0.2, 0.25) is 0 Å². The van der Waals surface area contributed by atoms with E-state index in [1.807, 2.05) is 0 Å². The quantitative estimate of drug-likeness (QED) is 0.0882. The van der Waals surface area contributed by atoms with Gasteiger partial charge in [-0.05, 0) is 19.1 Å². The highest BCUT2D eigenvalue weighted by atomic mass is 19.2. The molecule has 0 radical (unpaired) electrons. The van der Waals surface area contributed by atoms with Gasteiger partial charge in [0, 0.05) is 0 Å². The minimum absolute atomic E-state index is 1.32. The molecule has 0 unspecified atom stereocenters. The molecule has 22 heteroatoms. The molecule has 0 atom stereocenters. The Bertz CT molecular complexity index is 1980. The second-order valence-corrected chi connectivity index (χ2v) is 11.7. The standard InChI is InChI=1S/C24BF20.C9H13N/c26-5-1(6(27)14(35)21(42)13(5)34)25(2-7(28)15(36)22(43)16(37)8(2)29,3-9(30)17(38)23(44)18(39)10(3)31)4-11(32)19(40)24(45)20(41)12(4)33;1-8-4-6-9(7-5-8)10(2)3/h;4-7H,1-3H3/q-1;/p+1. The molecule has 5 aromatic rings. The lowest BCUT2D eigenvalue weighted by molar-refractivity contribution is -0.786. The van der Waals surface area contributed by atoms with Crippen molar-refractivity contribution >= 4 is 33.7 Å². The van der Waals surface area contributed by atoms with Crippen LogP contribution in [0.3, 0.4) is 0 Å². The third kappa shape index (κ3) is 6.42. The summed E-state index contributed by atoms with van der Waals surface area (Å²) in [5.74, 6) is -71.4. The largest absolute Gasteiger partial charge is 0.307 e. The molecule has 0 bridgehead atoms. The molecule has 0 fully saturated rings. The molecule has 0 spiro atoms. The van der Waals surface area contributed by atoms with Gasteiger partial charge in [-0.2, -0.15) is 0 Å². The van der Waals surface area contributed by atoms with E-state index < -0.39 is 144 Å². The van der Waals surface area contributed by atoms with E-state index in [0.29, 0.717) is 0 Å². The molecule has 0 saturated heterocycles. The first-order valence-corrected chi connectivity index (χ1v) is 14.5. The lowest BCUT2D eigenvalue weighted by Gasteiger charge is -2.44. The summed E-state index contributed by atoms with van der Waals surface area (Å²) in [6.45, 7) is 2.11. The van der Waals surface area contributed by atoms with Crippen LogP contribution in [-0.2, 0) is 0 Å². The molecule has 0 heterocycles. The zero-order chi connectivity index (χ0) is 41.9. The van der Waals surface area contributed by atoms with Gasteiger partial charge in [0.05, 0.1) is 14.1 Å². The molecule has 1 N–H and O–H groups in total. The van der Waals surface area contributed by atoms with Crippen molar-refractivity contribution in [1.29, 1.82) is 0 Å².